The van der Waals surface area contributed by atoms with Gasteiger partial charge in [0.25, 0.3) is 0 Å². The van der Waals surface area contributed by atoms with E-state index in [-0.39, 0.29) is 14.9 Å². The average Bonchev–Trinajstić information content (AvgIpc) is 3.63. The van der Waals surface area contributed by atoms with Crippen molar-refractivity contribution in [2.24, 2.45) is 0 Å². The van der Waals surface area contributed by atoms with Crippen molar-refractivity contribution >= 4 is 28.4 Å². The molecule has 0 nitrogen and oxygen atoms in total. The van der Waals surface area contributed by atoms with Crippen LogP contribution in [0.3, 0.4) is 0 Å². The van der Waals surface area contributed by atoms with Crippen LogP contribution in [0.4, 0.5) is 0 Å². The molecule has 0 saturated carbocycles. The minimum absolute atomic E-state index is 0. The third kappa shape index (κ3) is 9.39. The quantitative estimate of drug-likeness (QED) is 0.124. The Labute approximate surface area is 319 Å². The van der Waals surface area contributed by atoms with Crippen molar-refractivity contribution in [1.29, 1.82) is 0 Å². The summed E-state index contributed by atoms with van der Waals surface area (Å²) in [5.41, 5.74) is 18.6. The van der Waals surface area contributed by atoms with Gasteiger partial charge in [-0.25, -0.2) is 0 Å². The van der Waals surface area contributed by atoms with Crippen molar-refractivity contribution in [1.82, 2.24) is 0 Å². The van der Waals surface area contributed by atoms with Crippen molar-refractivity contribution in [3.63, 3.8) is 0 Å². The van der Waals surface area contributed by atoms with Crippen LogP contribution in [0, 0.1) is 63.3 Å². The maximum absolute atomic E-state index is 3.06. The molecule has 2 radical (unpaired) electrons. The second kappa shape index (κ2) is 17.6. The second-order valence-corrected chi connectivity index (χ2v) is 13.9. The fraction of sp³-hybridized carbons (Fsp3) is 0.208. The molecule has 0 unspecified atom stereocenters. The summed E-state index contributed by atoms with van der Waals surface area (Å²) in [5.74, 6) is 0.578. The van der Waals surface area contributed by atoms with Crippen LogP contribution in [0.2, 0.25) is 0 Å². The third-order valence-electron chi connectivity index (χ3n) is 9.03. The van der Waals surface area contributed by atoms with Gasteiger partial charge in [0.1, 0.15) is 0 Å². The Morgan fingerprint density at radius 1 is 0.460 bits per heavy atom. The molecule has 0 aliphatic heterocycles. The van der Waals surface area contributed by atoms with Crippen LogP contribution in [0.1, 0.15) is 64.3 Å². The van der Waals surface area contributed by atoms with Crippen LogP contribution in [0.5, 0.6) is 0 Å². The number of rotatable bonds is 4. The molecular formula is C48H52SiZr-4. The van der Waals surface area contributed by atoms with Crippen LogP contribution in [-0.2, 0) is 23.3 Å². The van der Waals surface area contributed by atoms with Crippen molar-refractivity contribution in [2.75, 3.05) is 0 Å². The zero-order valence-electron chi connectivity index (χ0n) is 32.0. The molecule has 0 aliphatic carbocycles. The Kier molecular flexibility index (Phi) is 14.4. The van der Waals surface area contributed by atoms with E-state index in [1.807, 2.05) is 0 Å². The minimum atomic E-state index is 0. The molecule has 0 N–H and O–H groups in total. The van der Waals surface area contributed by atoms with Gasteiger partial charge in [-0.15, -0.1) is 63.0 Å². The molecule has 50 heavy (non-hydrogen) atoms. The summed E-state index contributed by atoms with van der Waals surface area (Å²) in [6.07, 6.45) is 0. The summed E-state index contributed by atoms with van der Waals surface area (Å²) in [6.45, 7) is 22.8. The number of hydrogen-bond donors (Lipinski definition) is 0. The van der Waals surface area contributed by atoms with E-state index >= 15 is 0 Å². The van der Waals surface area contributed by atoms with Gasteiger partial charge in [-0.05, 0) is 64.2 Å². The molecular weight excluding hydrogens is 696 g/mol. The summed E-state index contributed by atoms with van der Waals surface area (Å²) < 4.78 is 0. The summed E-state index contributed by atoms with van der Waals surface area (Å²) in [6, 6.07) is 41.1. The first-order valence-electron chi connectivity index (χ1n) is 16.8. The van der Waals surface area contributed by atoms with E-state index in [1.165, 1.54) is 123 Å². The molecule has 0 aromatic heterocycles. The van der Waals surface area contributed by atoms with E-state index in [2.05, 4.69) is 178 Å². The predicted molar refractivity (Wildman–Crippen MR) is 221 cm³/mol. The summed E-state index contributed by atoms with van der Waals surface area (Å²) in [4.78, 5) is 0. The molecule has 0 saturated heterocycles. The molecule has 0 heterocycles. The Bertz CT molecular complexity index is 2160. The SMILES string of the molecule is Cc1cc(C)cc(-c2cc(-c3cc(C)cc(C)c3)c3cc(C)[cH-]c3c2)c1.Cc1cc(C)cc(-c2cccc3[cH-]c(C(C)C)cc23)c1.[CH3-].[CH3-].[Si]=[Zr]. The van der Waals surface area contributed by atoms with Gasteiger partial charge in [0, 0.05) is 0 Å². The van der Waals surface area contributed by atoms with Gasteiger partial charge < -0.3 is 14.9 Å². The first-order valence-corrected chi connectivity index (χ1v) is 21.0. The van der Waals surface area contributed by atoms with Crippen molar-refractivity contribution in [2.45, 2.75) is 68.2 Å². The average molecular weight is 748 g/mol. The monoisotopic (exact) mass is 746 g/mol. The number of benzene rings is 5. The maximum atomic E-state index is 3.06. The van der Waals surface area contributed by atoms with E-state index in [1.54, 1.807) is 0 Å². The van der Waals surface area contributed by atoms with Crippen LogP contribution < -0.4 is 0 Å². The number of aryl methyl sites for hydroxylation is 7. The van der Waals surface area contributed by atoms with E-state index in [0.717, 1.165) is 0 Å². The first-order chi connectivity index (χ1) is 22.9. The Morgan fingerprint density at radius 2 is 0.900 bits per heavy atom. The van der Waals surface area contributed by atoms with Gasteiger partial charge in [-0.1, -0.05) is 138 Å². The standard InChI is InChI=1S/C26H25.C20H21.2CH3.Si.Zr/c1-16-6-17(2)9-21(8-16)22-14-24-12-20(5)13-25(24)26(15-22)23-10-18(3)7-19(4)11-23;1-13(2)17-11-16-6-5-7-19(20(16)12-17)18-9-14(3)8-15(4)10-18;;;;/h6-15H,1-5H3;5-13H,1-4H3;2*1H3;;/q4*-1;;. The van der Waals surface area contributed by atoms with Gasteiger partial charge >= 0.3 is 30.2 Å². The van der Waals surface area contributed by atoms with E-state index in [0.29, 0.717) is 5.92 Å². The van der Waals surface area contributed by atoms with E-state index < -0.39 is 0 Å². The van der Waals surface area contributed by atoms with E-state index in [4.69, 9.17) is 0 Å². The van der Waals surface area contributed by atoms with Gasteiger partial charge in [-0.3, -0.25) is 0 Å². The molecule has 0 amide bonds. The molecule has 256 valence electrons. The van der Waals surface area contributed by atoms with Gasteiger partial charge in [0.15, 0.2) is 0 Å². The molecule has 7 aromatic rings. The Morgan fingerprint density at radius 3 is 1.40 bits per heavy atom. The molecule has 0 bridgehead atoms. The number of hydrogen-bond acceptors (Lipinski definition) is 0. The summed E-state index contributed by atoms with van der Waals surface area (Å²) >= 11 is 1.36. The molecule has 0 aliphatic rings. The zero-order chi connectivity index (χ0) is 34.7. The predicted octanol–water partition coefficient (Wildman–Crippen LogP) is 13.9. The van der Waals surface area contributed by atoms with Crippen LogP contribution in [0.15, 0.2) is 109 Å². The van der Waals surface area contributed by atoms with Crippen LogP contribution in [0.25, 0.3) is 54.9 Å². The first kappa shape index (κ1) is 40.8. The zero-order valence-corrected chi connectivity index (χ0v) is 35.4. The van der Waals surface area contributed by atoms with E-state index in [9.17, 15) is 0 Å². The van der Waals surface area contributed by atoms with Crippen molar-refractivity contribution in [3.8, 4) is 33.4 Å². The van der Waals surface area contributed by atoms with Crippen LogP contribution >= 0.6 is 0 Å². The Balaban J connectivity index is 0.000000255. The molecule has 7 aromatic carbocycles. The Hall–Kier alpha value is -3.58. The van der Waals surface area contributed by atoms with Gasteiger partial charge in [0.2, 0.25) is 0 Å². The van der Waals surface area contributed by atoms with Gasteiger partial charge in [0.05, 0.1) is 0 Å². The number of fused-ring (bicyclic) bond motifs is 2. The molecule has 7 rings (SSSR count). The summed E-state index contributed by atoms with van der Waals surface area (Å²) in [5, 5.41) is 5.40. The fourth-order valence-corrected chi connectivity index (χ4v) is 7.12. The van der Waals surface area contributed by atoms with Crippen LogP contribution in [-0.4, -0.2) is 6.88 Å². The normalized spacial score (nSPS) is 10.5. The summed E-state index contributed by atoms with van der Waals surface area (Å²) in [7, 11) is 0. The van der Waals surface area contributed by atoms with Crippen molar-refractivity contribution in [3.05, 3.63) is 169 Å². The molecule has 0 atom stereocenters. The fourth-order valence-electron chi connectivity index (χ4n) is 7.12. The molecule has 0 spiro atoms. The second-order valence-electron chi connectivity index (χ2n) is 13.9. The third-order valence-corrected chi connectivity index (χ3v) is 9.03. The topological polar surface area (TPSA) is 0 Å². The molecule has 2 heteroatoms. The molecule has 0 fully saturated rings. The van der Waals surface area contributed by atoms with Gasteiger partial charge in [-0.2, -0.15) is 12.1 Å². The van der Waals surface area contributed by atoms with Crippen molar-refractivity contribution < 1.29 is 23.3 Å².